The summed E-state index contributed by atoms with van der Waals surface area (Å²) < 4.78 is 6.18. The second kappa shape index (κ2) is 9.35. The second-order valence-electron chi connectivity index (χ2n) is 7.91. The first-order chi connectivity index (χ1) is 16.2. The number of hydrogen-bond acceptors (Lipinski definition) is 4. The van der Waals surface area contributed by atoms with Gasteiger partial charge < -0.3 is 15.0 Å². The van der Waals surface area contributed by atoms with Gasteiger partial charge in [-0.3, -0.25) is 9.78 Å². The van der Waals surface area contributed by atoms with E-state index in [1.807, 2.05) is 72.8 Å². The maximum Gasteiger partial charge on any atom is 0.251 e. The number of nitrogens with one attached hydrogen (secondary N) is 1. The van der Waals surface area contributed by atoms with Crippen molar-refractivity contribution in [1.82, 2.24) is 10.3 Å². The van der Waals surface area contributed by atoms with E-state index in [9.17, 15) is 4.79 Å². The number of pyridine rings is 1. The van der Waals surface area contributed by atoms with Gasteiger partial charge in [-0.1, -0.05) is 41.9 Å². The van der Waals surface area contributed by atoms with E-state index < -0.39 is 0 Å². The molecule has 0 unspecified atom stereocenters. The minimum atomic E-state index is -0.104. The molecular weight excluding hydrogens is 434 g/mol. The average molecular weight is 456 g/mol. The zero-order valence-corrected chi connectivity index (χ0v) is 18.6. The van der Waals surface area contributed by atoms with Crippen molar-refractivity contribution in [3.8, 4) is 11.5 Å². The van der Waals surface area contributed by atoms with Gasteiger partial charge in [0.25, 0.3) is 5.91 Å². The van der Waals surface area contributed by atoms with Crippen LogP contribution in [0.3, 0.4) is 0 Å². The number of aromatic nitrogens is 1. The number of ether oxygens (including phenoxy) is 1. The Morgan fingerprint density at radius 1 is 0.939 bits per heavy atom. The Hall–Kier alpha value is -3.83. The molecule has 0 saturated carbocycles. The largest absolute Gasteiger partial charge is 0.455 e. The number of nitrogens with zero attached hydrogens (tertiary/aromatic N) is 2. The lowest BCUT2D eigenvalue weighted by Crippen LogP contribution is -2.23. The predicted octanol–water partition coefficient (Wildman–Crippen LogP) is 5.98. The van der Waals surface area contributed by atoms with Gasteiger partial charge in [-0.2, -0.15) is 0 Å². The quantitative estimate of drug-likeness (QED) is 0.402. The normalized spacial score (nSPS) is 12.2. The Bertz CT molecular complexity index is 1280. The SMILES string of the molecule is O=C(NCc1ccncc1)c1ccc(CN2Cc3ccccc3Oc3ccc(Cl)cc32)cc1. The summed E-state index contributed by atoms with van der Waals surface area (Å²) in [6.07, 6.45) is 3.43. The first kappa shape index (κ1) is 21.0. The molecule has 2 heterocycles. The molecule has 0 saturated heterocycles. The van der Waals surface area contributed by atoms with Crippen LogP contribution in [0.5, 0.6) is 11.5 Å². The Morgan fingerprint density at radius 3 is 2.55 bits per heavy atom. The summed E-state index contributed by atoms with van der Waals surface area (Å²) in [7, 11) is 0. The number of halogens is 1. The number of rotatable bonds is 5. The Balaban J connectivity index is 1.33. The summed E-state index contributed by atoms with van der Waals surface area (Å²) in [5.41, 5.74) is 4.78. The van der Waals surface area contributed by atoms with E-state index in [0.717, 1.165) is 33.9 Å². The molecule has 0 radical (unpaired) electrons. The molecule has 0 atom stereocenters. The number of benzene rings is 3. The minimum absolute atomic E-state index is 0.104. The minimum Gasteiger partial charge on any atom is -0.455 e. The molecule has 4 aromatic rings. The molecule has 1 aliphatic heterocycles. The average Bonchev–Trinajstić information content (AvgIpc) is 3.00. The highest BCUT2D eigenvalue weighted by Crippen LogP contribution is 2.40. The Morgan fingerprint density at radius 2 is 1.73 bits per heavy atom. The summed E-state index contributed by atoms with van der Waals surface area (Å²) in [5.74, 6) is 1.52. The van der Waals surface area contributed by atoms with Crippen LogP contribution in [0.4, 0.5) is 5.69 Å². The lowest BCUT2D eigenvalue weighted by atomic mass is 10.1. The molecule has 1 aliphatic rings. The fourth-order valence-corrected chi connectivity index (χ4v) is 4.04. The van der Waals surface area contributed by atoms with Crippen LogP contribution in [0, 0.1) is 0 Å². The van der Waals surface area contributed by atoms with E-state index in [1.54, 1.807) is 12.4 Å². The molecule has 1 amide bonds. The zero-order valence-electron chi connectivity index (χ0n) is 17.9. The molecule has 1 aromatic heterocycles. The maximum atomic E-state index is 12.5. The van der Waals surface area contributed by atoms with Crippen LogP contribution in [0.25, 0.3) is 0 Å². The van der Waals surface area contributed by atoms with E-state index in [1.165, 1.54) is 0 Å². The molecular formula is C27H22ClN3O2. The van der Waals surface area contributed by atoms with Crippen molar-refractivity contribution in [1.29, 1.82) is 0 Å². The van der Waals surface area contributed by atoms with Crippen LogP contribution in [0.1, 0.15) is 27.0 Å². The second-order valence-corrected chi connectivity index (χ2v) is 8.35. The van der Waals surface area contributed by atoms with Crippen molar-refractivity contribution in [3.63, 3.8) is 0 Å². The van der Waals surface area contributed by atoms with Crippen LogP contribution in [-0.2, 0) is 19.6 Å². The predicted molar refractivity (Wildman–Crippen MR) is 130 cm³/mol. The van der Waals surface area contributed by atoms with E-state index in [2.05, 4.69) is 21.3 Å². The van der Waals surface area contributed by atoms with E-state index in [0.29, 0.717) is 30.2 Å². The van der Waals surface area contributed by atoms with Crippen LogP contribution < -0.4 is 15.0 Å². The number of hydrogen-bond donors (Lipinski definition) is 1. The summed E-state index contributed by atoms with van der Waals surface area (Å²) in [6.45, 7) is 1.81. The van der Waals surface area contributed by atoms with E-state index >= 15 is 0 Å². The van der Waals surface area contributed by atoms with Gasteiger partial charge in [0.2, 0.25) is 0 Å². The van der Waals surface area contributed by atoms with Crippen LogP contribution in [0.15, 0.2) is 91.3 Å². The number of carbonyl (C=O) groups is 1. The van der Waals surface area contributed by atoms with Gasteiger partial charge in [-0.15, -0.1) is 0 Å². The van der Waals surface area contributed by atoms with E-state index in [4.69, 9.17) is 16.3 Å². The third-order valence-electron chi connectivity index (χ3n) is 5.61. The fourth-order valence-electron chi connectivity index (χ4n) is 3.88. The Kier molecular flexibility index (Phi) is 5.96. The third kappa shape index (κ3) is 4.83. The molecule has 0 fully saturated rings. The Labute approximate surface area is 197 Å². The smallest absolute Gasteiger partial charge is 0.251 e. The zero-order chi connectivity index (χ0) is 22.6. The van der Waals surface area contributed by atoms with Gasteiger partial charge >= 0.3 is 0 Å². The van der Waals surface area contributed by atoms with Crippen molar-refractivity contribution < 1.29 is 9.53 Å². The van der Waals surface area contributed by atoms with E-state index in [-0.39, 0.29) is 5.91 Å². The summed E-state index contributed by atoms with van der Waals surface area (Å²) >= 11 is 6.31. The number of anilines is 1. The molecule has 0 aliphatic carbocycles. The molecule has 33 heavy (non-hydrogen) atoms. The van der Waals surface area contributed by atoms with Crippen LogP contribution >= 0.6 is 11.6 Å². The van der Waals surface area contributed by atoms with Gasteiger partial charge in [-0.25, -0.2) is 0 Å². The monoisotopic (exact) mass is 455 g/mol. The van der Waals surface area contributed by atoms with Crippen molar-refractivity contribution in [2.24, 2.45) is 0 Å². The van der Waals surface area contributed by atoms with Gasteiger partial charge in [0, 0.05) is 48.2 Å². The van der Waals surface area contributed by atoms with Crippen LogP contribution in [-0.4, -0.2) is 10.9 Å². The van der Waals surface area contributed by atoms with Gasteiger partial charge in [0.05, 0.1) is 5.69 Å². The standard InChI is InChI=1S/C27H22ClN3O2/c28-23-9-10-26-24(15-23)31(18-22-3-1-2-4-25(22)33-26)17-20-5-7-21(8-6-20)27(32)30-16-19-11-13-29-14-12-19/h1-15H,16-18H2,(H,30,32). The van der Waals surface area contributed by atoms with Crippen molar-refractivity contribution in [2.75, 3.05) is 4.90 Å². The van der Waals surface area contributed by atoms with Gasteiger partial charge in [0.1, 0.15) is 5.75 Å². The van der Waals surface area contributed by atoms with Crippen molar-refractivity contribution in [3.05, 3.63) is 119 Å². The molecule has 6 heteroatoms. The fraction of sp³-hybridized carbons (Fsp3) is 0.111. The van der Waals surface area contributed by atoms with Crippen molar-refractivity contribution in [2.45, 2.75) is 19.6 Å². The molecule has 0 spiro atoms. The molecule has 5 nitrogen and oxygen atoms in total. The summed E-state index contributed by atoms with van der Waals surface area (Å²) in [4.78, 5) is 18.8. The van der Waals surface area contributed by atoms with Gasteiger partial charge in [-0.05, 0) is 59.7 Å². The first-order valence-corrected chi connectivity index (χ1v) is 11.1. The number of amides is 1. The molecule has 0 bridgehead atoms. The molecule has 164 valence electrons. The highest BCUT2D eigenvalue weighted by molar-refractivity contribution is 6.31. The summed E-state index contributed by atoms with van der Waals surface area (Å²) in [5, 5.41) is 3.61. The van der Waals surface area contributed by atoms with Crippen LogP contribution in [0.2, 0.25) is 5.02 Å². The molecule has 1 N–H and O–H groups in total. The number of para-hydroxylation sites is 1. The van der Waals surface area contributed by atoms with Gasteiger partial charge in [0.15, 0.2) is 5.75 Å². The highest BCUT2D eigenvalue weighted by Gasteiger charge is 2.21. The number of carbonyl (C=O) groups excluding carboxylic acids is 1. The number of fused-ring (bicyclic) bond motifs is 2. The highest BCUT2D eigenvalue weighted by atomic mass is 35.5. The third-order valence-corrected chi connectivity index (χ3v) is 5.84. The summed E-state index contributed by atoms with van der Waals surface area (Å²) in [6, 6.07) is 25.2. The maximum absolute atomic E-state index is 12.5. The van der Waals surface area contributed by atoms with Crippen molar-refractivity contribution >= 4 is 23.2 Å². The molecule has 5 rings (SSSR count). The lowest BCUT2D eigenvalue weighted by Gasteiger charge is -2.24. The first-order valence-electron chi connectivity index (χ1n) is 10.7. The topological polar surface area (TPSA) is 54.5 Å². The molecule has 3 aromatic carbocycles. The lowest BCUT2D eigenvalue weighted by molar-refractivity contribution is 0.0951.